The van der Waals surface area contributed by atoms with Crippen LogP contribution in [0.3, 0.4) is 0 Å². The van der Waals surface area contributed by atoms with Crippen molar-refractivity contribution in [3.8, 4) is 0 Å². The van der Waals surface area contributed by atoms with Crippen molar-refractivity contribution in [2.24, 2.45) is 0 Å². The molecule has 1 unspecified atom stereocenters. The van der Waals surface area contributed by atoms with E-state index in [1.165, 1.54) is 0 Å². The summed E-state index contributed by atoms with van der Waals surface area (Å²) >= 11 is 0. The molecule has 1 aliphatic heterocycles. The third-order valence-corrected chi connectivity index (χ3v) is 2.20. The van der Waals surface area contributed by atoms with Crippen LogP contribution in [0.15, 0.2) is 0 Å². The van der Waals surface area contributed by atoms with Gasteiger partial charge in [0.15, 0.2) is 6.29 Å². The van der Waals surface area contributed by atoms with Gasteiger partial charge < -0.3 is 9.53 Å². The van der Waals surface area contributed by atoms with Crippen LogP contribution in [0.25, 0.3) is 0 Å². The highest BCUT2D eigenvalue weighted by Crippen LogP contribution is 2.25. The number of hydrogen-bond donors (Lipinski definition) is 0. The van der Waals surface area contributed by atoms with Gasteiger partial charge in [0.05, 0.1) is 0 Å². The van der Waals surface area contributed by atoms with Gasteiger partial charge in [0, 0.05) is 6.61 Å². The summed E-state index contributed by atoms with van der Waals surface area (Å²) in [6.45, 7) is 2.76. The quantitative estimate of drug-likeness (QED) is 0.546. The van der Waals surface area contributed by atoms with Crippen LogP contribution in [0.2, 0.25) is 0 Å². The van der Waals surface area contributed by atoms with E-state index in [0.29, 0.717) is 0 Å². The highest BCUT2D eigenvalue weighted by atomic mass is 16.5. The van der Waals surface area contributed by atoms with Crippen molar-refractivity contribution in [3.63, 3.8) is 0 Å². The monoisotopic (exact) mass is 142 g/mol. The fourth-order valence-electron chi connectivity index (χ4n) is 1.33. The molecule has 1 heterocycles. The number of carbonyl (C=O) groups excluding carboxylic acids is 1. The second kappa shape index (κ2) is 3.15. The van der Waals surface area contributed by atoms with Crippen LogP contribution < -0.4 is 0 Å². The molecule has 0 saturated carbocycles. The van der Waals surface area contributed by atoms with Crippen molar-refractivity contribution < 1.29 is 9.53 Å². The van der Waals surface area contributed by atoms with E-state index >= 15 is 0 Å². The average molecular weight is 142 g/mol. The van der Waals surface area contributed by atoms with Crippen LogP contribution >= 0.6 is 0 Å². The lowest BCUT2D eigenvalue weighted by atomic mass is 9.93. The maximum atomic E-state index is 10.6. The fourth-order valence-corrected chi connectivity index (χ4v) is 1.33. The third-order valence-electron chi connectivity index (χ3n) is 2.20. The van der Waals surface area contributed by atoms with Crippen LogP contribution in [0, 0.1) is 0 Å². The van der Waals surface area contributed by atoms with E-state index in [1.54, 1.807) is 0 Å². The number of aldehydes is 1. The van der Waals surface area contributed by atoms with Gasteiger partial charge in [-0.05, 0) is 25.7 Å². The van der Waals surface area contributed by atoms with E-state index in [2.05, 4.69) is 0 Å². The molecule has 0 bridgehead atoms. The molecule has 58 valence electrons. The van der Waals surface area contributed by atoms with Crippen LogP contribution in [-0.2, 0) is 9.53 Å². The van der Waals surface area contributed by atoms with E-state index in [4.69, 9.17) is 4.74 Å². The minimum Gasteiger partial charge on any atom is -0.368 e. The van der Waals surface area contributed by atoms with Gasteiger partial charge in [0.25, 0.3) is 0 Å². The Balaban J connectivity index is 2.52. The molecule has 1 fully saturated rings. The molecule has 0 aliphatic carbocycles. The SMILES string of the molecule is CCC1(C=O)CCCCO1. The summed E-state index contributed by atoms with van der Waals surface area (Å²) in [4.78, 5) is 10.6. The number of rotatable bonds is 2. The van der Waals surface area contributed by atoms with Gasteiger partial charge in [-0.1, -0.05) is 6.92 Å². The van der Waals surface area contributed by atoms with Gasteiger partial charge in [0.1, 0.15) is 5.60 Å². The Bertz CT molecular complexity index is 114. The maximum absolute atomic E-state index is 10.6. The molecular formula is C8H14O2. The second-order valence-corrected chi connectivity index (χ2v) is 2.84. The highest BCUT2D eigenvalue weighted by Gasteiger charge is 2.30. The van der Waals surface area contributed by atoms with E-state index in [1.807, 2.05) is 6.92 Å². The molecule has 0 radical (unpaired) electrons. The Morgan fingerprint density at radius 1 is 1.60 bits per heavy atom. The molecule has 0 aromatic carbocycles. The first-order valence-corrected chi connectivity index (χ1v) is 3.93. The molecule has 1 rings (SSSR count). The van der Waals surface area contributed by atoms with Crippen molar-refractivity contribution in [1.82, 2.24) is 0 Å². The lowest BCUT2D eigenvalue weighted by Gasteiger charge is -2.30. The Kier molecular flexibility index (Phi) is 2.44. The van der Waals surface area contributed by atoms with Gasteiger partial charge in [-0.3, -0.25) is 0 Å². The minimum absolute atomic E-state index is 0.418. The largest absolute Gasteiger partial charge is 0.368 e. The molecule has 0 N–H and O–H groups in total. The predicted molar refractivity (Wildman–Crippen MR) is 38.9 cm³/mol. The molecule has 0 amide bonds. The van der Waals surface area contributed by atoms with Crippen molar-refractivity contribution >= 4 is 6.29 Å². The van der Waals surface area contributed by atoms with Crippen LogP contribution in [-0.4, -0.2) is 18.5 Å². The van der Waals surface area contributed by atoms with E-state index < -0.39 is 5.60 Å². The Labute approximate surface area is 61.6 Å². The summed E-state index contributed by atoms with van der Waals surface area (Å²) in [7, 11) is 0. The summed E-state index contributed by atoms with van der Waals surface area (Å²) < 4.78 is 5.40. The summed E-state index contributed by atoms with van der Waals surface area (Å²) in [5, 5.41) is 0. The molecule has 0 aromatic heterocycles. The third kappa shape index (κ3) is 1.37. The summed E-state index contributed by atoms with van der Waals surface area (Å²) in [5.74, 6) is 0. The Hall–Kier alpha value is -0.370. The average Bonchev–Trinajstić information content (AvgIpc) is 2.06. The Morgan fingerprint density at radius 2 is 2.40 bits per heavy atom. The lowest BCUT2D eigenvalue weighted by Crippen LogP contribution is -2.37. The molecular weight excluding hydrogens is 128 g/mol. The number of carbonyl (C=O) groups is 1. The van der Waals surface area contributed by atoms with E-state index in [9.17, 15) is 4.79 Å². The zero-order valence-electron chi connectivity index (χ0n) is 6.43. The predicted octanol–water partition coefficient (Wildman–Crippen LogP) is 1.53. The van der Waals surface area contributed by atoms with Gasteiger partial charge in [-0.2, -0.15) is 0 Å². The summed E-state index contributed by atoms with van der Waals surface area (Å²) in [6.07, 6.45) is 4.93. The first-order chi connectivity index (χ1) is 4.83. The first kappa shape index (κ1) is 7.73. The topological polar surface area (TPSA) is 26.3 Å². The molecule has 0 aromatic rings. The van der Waals surface area contributed by atoms with E-state index in [-0.39, 0.29) is 0 Å². The molecule has 10 heavy (non-hydrogen) atoms. The maximum Gasteiger partial charge on any atom is 0.151 e. The second-order valence-electron chi connectivity index (χ2n) is 2.84. The molecule has 1 aliphatic rings. The van der Waals surface area contributed by atoms with Crippen LogP contribution in [0.4, 0.5) is 0 Å². The molecule has 1 atom stereocenters. The van der Waals surface area contributed by atoms with Gasteiger partial charge in [-0.15, -0.1) is 0 Å². The molecule has 2 heteroatoms. The first-order valence-electron chi connectivity index (χ1n) is 3.93. The van der Waals surface area contributed by atoms with Crippen molar-refractivity contribution in [1.29, 1.82) is 0 Å². The van der Waals surface area contributed by atoms with Crippen LogP contribution in [0.1, 0.15) is 32.6 Å². The zero-order valence-corrected chi connectivity index (χ0v) is 6.43. The number of hydrogen-bond acceptors (Lipinski definition) is 2. The zero-order chi connectivity index (χ0) is 7.45. The summed E-state index contributed by atoms with van der Waals surface area (Å²) in [5.41, 5.74) is -0.418. The highest BCUT2D eigenvalue weighted by molar-refractivity contribution is 5.62. The normalized spacial score (nSPS) is 33.7. The van der Waals surface area contributed by atoms with Crippen molar-refractivity contribution in [3.05, 3.63) is 0 Å². The standard InChI is InChI=1S/C8H14O2/c1-2-8(7-9)5-3-4-6-10-8/h7H,2-6H2,1H3. The van der Waals surface area contributed by atoms with Crippen LogP contribution in [0.5, 0.6) is 0 Å². The van der Waals surface area contributed by atoms with E-state index in [0.717, 1.165) is 38.6 Å². The van der Waals surface area contributed by atoms with Gasteiger partial charge >= 0.3 is 0 Å². The molecule has 0 spiro atoms. The van der Waals surface area contributed by atoms with Gasteiger partial charge in [-0.25, -0.2) is 0 Å². The van der Waals surface area contributed by atoms with Crippen molar-refractivity contribution in [2.45, 2.75) is 38.2 Å². The van der Waals surface area contributed by atoms with Crippen molar-refractivity contribution in [2.75, 3.05) is 6.61 Å². The molecule has 2 nitrogen and oxygen atoms in total. The summed E-state index contributed by atoms with van der Waals surface area (Å²) in [6, 6.07) is 0. The molecule has 1 saturated heterocycles. The number of ether oxygens (including phenoxy) is 1. The lowest BCUT2D eigenvalue weighted by molar-refractivity contribution is -0.138. The Morgan fingerprint density at radius 3 is 2.70 bits per heavy atom. The fraction of sp³-hybridized carbons (Fsp3) is 0.875. The minimum atomic E-state index is -0.418. The smallest absolute Gasteiger partial charge is 0.151 e. The van der Waals surface area contributed by atoms with Gasteiger partial charge in [0.2, 0.25) is 0 Å².